The molecule has 5 nitrogen and oxygen atoms in total. The van der Waals surface area contributed by atoms with Crippen LogP contribution in [0.15, 0.2) is 54.7 Å². The normalized spacial score (nSPS) is 11.1. The van der Waals surface area contributed by atoms with Crippen molar-refractivity contribution in [3.05, 3.63) is 71.1 Å². The van der Waals surface area contributed by atoms with Crippen molar-refractivity contribution in [2.45, 2.75) is 6.92 Å². The summed E-state index contributed by atoms with van der Waals surface area (Å²) in [5.74, 6) is -0.378. The van der Waals surface area contributed by atoms with Crippen LogP contribution < -0.4 is 5.32 Å². The summed E-state index contributed by atoms with van der Waals surface area (Å²) in [6, 6.07) is 12.3. The molecule has 0 saturated heterocycles. The number of imidazole rings is 1. The average Bonchev–Trinajstić information content (AvgIpc) is 2.88. The zero-order valence-electron chi connectivity index (χ0n) is 12.9. The highest BCUT2D eigenvalue weighted by molar-refractivity contribution is 6.31. The summed E-state index contributed by atoms with van der Waals surface area (Å²) in [7, 11) is 0. The second-order valence-corrected chi connectivity index (χ2v) is 5.53. The highest BCUT2D eigenvalue weighted by atomic mass is 35.5. The van der Waals surface area contributed by atoms with Crippen molar-refractivity contribution in [3.8, 4) is 0 Å². The van der Waals surface area contributed by atoms with Crippen LogP contribution in [-0.2, 0) is 4.79 Å². The van der Waals surface area contributed by atoms with E-state index in [2.05, 4.69) is 10.3 Å². The van der Waals surface area contributed by atoms with Gasteiger partial charge in [-0.05, 0) is 37.3 Å². The Labute approximate surface area is 143 Å². The summed E-state index contributed by atoms with van der Waals surface area (Å²) < 4.78 is 1.79. The van der Waals surface area contributed by atoms with Crippen LogP contribution >= 0.6 is 11.6 Å². The molecule has 1 amide bonds. The van der Waals surface area contributed by atoms with Gasteiger partial charge in [-0.2, -0.15) is 0 Å². The number of nitrogens with zero attached hydrogens (tertiary/aromatic N) is 2. The summed E-state index contributed by atoms with van der Waals surface area (Å²) in [4.78, 5) is 27.7. The molecule has 0 bridgehead atoms. The Balaban J connectivity index is 1.79. The van der Waals surface area contributed by atoms with Gasteiger partial charge in [-0.3, -0.25) is 14.0 Å². The maximum absolute atomic E-state index is 12.1. The smallest absolute Gasteiger partial charge is 0.248 e. The monoisotopic (exact) mass is 339 g/mol. The van der Waals surface area contributed by atoms with Crippen molar-refractivity contribution < 1.29 is 9.59 Å². The number of ketones is 1. The molecule has 2 aromatic heterocycles. The number of fused-ring (bicyclic) bond motifs is 1. The lowest BCUT2D eigenvalue weighted by atomic mass is 10.1. The van der Waals surface area contributed by atoms with Crippen molar-refractivity contribution >= 4 is 40.7 Å². The van der Waals surface area contributed by atoms with Gasteiger partial charge in [-0.1, -0.05) is 29.8 Å². The largest absolute Gasteiger partial charge is 0.322 e. The zero-order valence-corrected chi connectivity index (χ0v) is 13.6. The number of hydrogen-bond acceptors (Lipinski definition) is 3. The van der Waals surface area contributed by atoms with Gasteiger partial charge in [0.15, 0.2) is 10.9 Å². The van der Waals surface area contributed by atoms with E-state index in [1.807, 2.05) is 24.4 Å². The van der Waals surface area contributed by atoms with Crippen molar-refractivity contribution in [1.82, 2.24) is 9.38 Å². The number of nitrogens with one attached hydrogen (secondary N) is 1. The number of halogens is 1. The summed E-state index contributed by atoms with van der Waals surface area (Å²) in [6.45, 7) is 1.48. The molecule has 6 heteroatoms. The third kappa shape index (κ3) is 3.36. The molecule has 0 spiro atoms. The topological polar surface area (TPSA) is 63.5 Å². The van der Waals surface area contributed by atoms with E-state index in [9.17, 15) is 9.59 Å². The molecule has 0 aliphatic carbocycles. The minimum atomic E-state index is -0.322. The van der Waals surface area contributed by atoms with E-state index in [1.54, 1.807) is 34.7 Å². The predicted octanol–water partition coefficient (Wildman–Crippen LogP) is 3.84. The molecule has 1 N–H and O–H groups in total. The lowest BCUT2D eigenvalue weighted by Crippen LogP contribution is -2.08. The van der Waals surface area contributed by atoms with Crippen LogP contribution in [0.1, 0.15) is 23.0 Å². The van der Waals surface area contributed by atoms with E-state index in [4.69, 9.17) is 11.6 Å². The Morgan fingerprint density at radius 2 is 2.04 bits per heavy atom. The van der Waals surface area contributed by atoms with E-state index >= 15 is 0 Å². The van der Waals surface area contributed by atoms with E-state index < -0.39 is 0 Å². The van der Waals surface area contributed by atoms with Gasteiger partial charge in [-0.25, -0.2) is 4.98 Å². The Bertz CT molecular complexity index is 960. The van der Waals surface area contributed by atoms with Gasteiger partial charge >= 0.3 is 0 Å². The number of Topliss-reactive ketones (excluding diaryl/α,β-unsaturated/α-hetero) is 1. The Morgan fingerprint density at radius 1 is 1.21 bits per heavy atom. The minimum absolute atomic E-state index is 0.0563. The van der Waals surface area contributed by atoms with Crippen LogP contribution in [0.25, 0.3) is 11.7 Å². The fraction of sp³-hybridized carbons (Fsp3) is 0.0556. The highest BCUT2D eigenvalue weighted by Crippen LogP contribution is 2.19. The maximum atomic E-state index is 12.1. The van der Waals surface area contributed by atoms with Crippen LogP contribution in [0.4, 0.5) is 5.69 Å². The number of pyridine rings is 1. The second kappa shape index (κ2) is 6.68. The van der Waals surface area contributed by atoms with Crippen LogP contribution in [0.5, 0.6) is 0 Å². The van der Waals surface area contributed by atoms with Crippen molar-refractivity contribution in [1.29, 1.82) is 0 Å². The molecule has 2 heterocycles. The molecule has 1 aromatic carbocycles. The fourth-order valence-electron chi connectivity index (χ4n) is 2.29. The highest BCUT2D eigenvalue weighted by Gasteiger charge is 2.07. The Hall–Kier alpha value is -2.92. The number of anilines is 1. The van der Waals surface area contributed by atoms with Gasteiger partial charge < -0.3 is 5.32 Å². The molecule has 0 fully saturated rings. The van der Waals surface area contributed by atoms with Gasteiger partial charge in [0.1, 0.15) is 5.65 Å². The molecule has 0 saturated carbocycles. The molecule has 0 aliphatic rings. The molecular formula is C18H14ClN3O2. The molecule has 3 aromatic rings. The lowest BCUT2D eigenvalue weighted by Gasteiger charge is -2.03. The van der Waals surface area contributed by atoms with Gasteiger partial charge in [0.2, 0.25) is 5.91 Å². The average molecular weight is 340 g/mol. The van der Waals surface area contributed by atoms with E-state index in [1.165, 1.54) is 13.0 Å². The number of carbonyl (C=O) groups is 2. The number of amides is 1. The quantitative estimate of drug-likeness (QED) is 0.580. The maximum Gasteiger partial charge on any atom is 0.248 e. The zero-order chi connectivity index (χ0) is 17.1. The standard InChI is InChI=1S/C18H14ClN3O2/c1-12(23)13-5-4-6-14(11-13)20-17(24)9-8-15-18(19)21-16-7-2-3-10-22(15)16/h2-11H,1H3,(H,20,24)/b9-8+. The Kier molecular flexibility index (Phi) is 4.44. The molecule has 0 radical (unpaired) electrons. The van der Waals surface area contributed by atoms with Crippen LogP contribution in [-0.4, -0.2) is 21.1 Å². The van der Waals surface area contributed by atoms with Crippen LogP contribution in [0, 0.1) is 0 Å². The first kappa shape index (κ1) is 16.0. The fourth-order valence-corrected chi connectivity index (χ4v) is 2.53. The summed E-state index contributed by atoms with van der Waals surface area (Å²) in [5, 5.41) is 3.04. The molecule has 0 atom stereocenters. The summed E-state index contributed by atoms with van der Waals surface area (Å²) in [5.41, 5.74) is 2.43. The van der Waals surface area contributed by atoms with E-state index in [0.29, 0.717) is 27.7 Å². The molecule has 0 unspecified atom stereocenters. The number of aromatic nitrogens is 2. The van der Waals surface area contributed by atoms with Gasteiger partial charge in [-0.15, -0.1) is 0 Å². The van der Waals surface area contributed by atoms with E-state index in [0.717, 1.165) is 0 Å². The number of benzene rings is 1. The number of hydrogen-bond donors (Lipinski definition) is 1. The van der Waals surface area contributed by atoms with Gasteiger partial charge in [0.25, 0.3) is 0 Å². The van der Waals surface area contributed by atoms with Crippen LogP contribution in [0.2, 0.25) is 5.15 Å². The predicted molar refractivity (Wildman–Crippen MR) is 94.3 cm³/mol. The SMILES string of the molecule is CC(=O)c1cccc(NC(=O)/C=C/c2c(Cl)nc3ccccn23)c1. The first-order chi connectivity index (χ1) is 11.5. The molecule has 0 aliphatic heterocycles. The number of rotatable bonds is 4. The second-order valence-electron chi connectivity index (χ2n) is 5.18. The molecule has 120 valence electrons. The van der Waals surface area contributed by atoms with Gasteiger partial charge in [0, 0.05) is 23.5 Å². The molecule has 24 heavy (non-hydrogen) atoms. The van der Waals surface area contributed by atoms with Gasteiger partial charge in [0.05, 0.1) is 5.69 Å². The lowest BCUT2D eigenvalue weighted by molar-refractivity contribution is -0.111. The summed E-state index contributed by atoms with van der Waals surface area (Å²) >= 11 is 6.11. The first-order valence-corrected chi connectivity index (χ1v) is 7.65. The van der Waals surface area contributed by atoms with E-state index in [-0.39, 0.29) is 11.7 Å². The molecular weight excluding hydrogens is 326 g/mol. The van der Waals surface area contributed by atoms with Crippen molar-refractivity contribution in [3.63, 3.8) is 0 Å². The third-order valence-electron chi connectivity index (χ3n) is 3.45. The number of carbonyl (C=O) groups excluding carboxylic acids is 2. The first-order valence-electron chi connectivity index (χ1n) is 7.27. The third-order valence-corrected chi connectivity index (χ3v) is 3.73. The summed E-state index contributed by atoms with van der Waals surface area (Å²) in [6.07, 6.45) is 4.80. The Morgan fingerprint density at radius 3 is 2.83 bits per heavy atom. The molecule has 3 rings (SSSR count). The minimum Gasteiger partial charge on any atom is -0.322 e. The van der Waals surface area contributed by atoms with Crippen molar-refractivity contribution in [2.24, 2.45) is 0 Å². The van der Waals surface area contributed by atoms with Crippen molar-refractivity contribution in [2.75, 3.05) is 5.32 Å². The van der Waals surface area contributed by atoms with Crippen LogP contribution in [0.3, 0.4) is 0 Å².